The molecule has 2 amide bonds. The van der Waals surface area contributed by atoms with Crippen LogP contribution in [0.1, 0.15) is 11.3 Å². The molecular formula is C12H12ClN3OS. The minimum Gasteiger partial charge on any atom is -0.334 e. The Hall–Kier alpha value is -1.59. The highest BCUT2D eigenvalue weighted by atomic mass is 35.5. The largest absolute Gasteiger partial charge is 0.334 e. The molecule has 0 aliphatic rings. The van der Waals surface area contributed by atoms with Gasteiger partial charge in [0.2, 0.25) is 0 Å². The number of carbonyl (C=O) groups is 1. The molecule has 6 heteroatoms. The van der Waals surface area contributed by atoms with Gasteiger partial charge in [-0.05, 0) is 24.6 Å². The van der Waals surface area contributed by atoms with Gasteiger partial charge < -0.3 is 5.32 Å². The highest BCUT2D eigenvalue weighted by Gasteiger charge is 2.04. The van der Waals surface area contributed by atoms with Gasteiger partial charge in [0, 0.05) is 16.9 Å². The lowest BCUT2D eigenvalue weighted by molar-refractivity contribution is 0.251. The topological polar surface area (TPSA) is 54.0 Å². The number of nitrogens with zero attached hydrogens (tertiary/aromatic N) is 1. The predicted octanol–water partition coefficient (Wildman–Crippen LogP) is 3.43. The van der Waals surface area contributed by atoms with Crippen molar-refractivity contribution in [3.63, 3.8) is 0 Å². The molecule has 0 fully saturated rings. The number of hydrogen-bond donors (Lipinski definition) is 2. The molecule has 0 radical (unpaired) electrons. The number of carbonyl (C=O) groups excluding carboxylic acids is 1. The number of rotatable bonds is 3. The van der Waals surface area contributed by atoms with E-state index in [1.165, 1.54) is 11.3 Å². The van der Waals surface area contributed by atoms with Crippen LogP contribution in [-0.2, 0) is 6.54 Å². The number of urea groups is 1. The summed E-state index contributed by atoms with van der Waals surface area (Å²) in [6, 6.07) is 7.09. The monoisotopic (exact) mass is 281 g/mol. The third kappa shape index (κ3) is 3.72. The van der Waals surface area contributed by atoms with Crippen LogP contribution in [0.5, 0.6) is 0 Å². The van der Waals surface area contributed by atoms with Crippen molar-refractivity contribution in [1.29, 1.82) is 0 Å². The standard InChI is InChI=1S/C12H12ClN3OS/c1-8-7-18-12(15-8)16-11(17)14-6-9-3-2-4-10(13)5-9/h2-5,7H,6H2,1H3,(H2,14,15,16,17). The van der Waals surface area contributed by atoms with Crippen LogP contribution in [0.4, 0.5) is 9.93 Å². The summed E-state index contributed by atoms with van der Waals surface area (Å²) < 4.78 is 0. The number of aryl methyl sites for hydroxylation is 1. The van der Waals surface area contributed by atoms with Gasteiger partial charge >= 0.3 is 6.03 Å². The second-order valence-electron chi connectivity index (χ2n) is 3.73. The van der Waals surface area contributed by atoms with Crippen LogP contribution in [0.3, 0.4) is 0 Å². The summed E-state index contributed by atoms with van der Waals surface area (Å²) in [6.45, 7) is 2.31. The van der Waals surface area contributed by atoms with E-state index in [1.54, 1.807) is 6.07 Å². The number of benzene rings is 1. The number of amides is 2. The smallest absolute Gasteiger partial charge is 0.321 e. The number of aromatic nitrogens is 1. The van der Waals surface area contributed by atoms with E-state index < -0.39 is 0 Å². The zero-order chi connectivity index (χ0) is 13.0. The van der Waals surface area contributed by atoms with E-state index in [1.807, 2.05) is 30.5 Å². The van der Waals surface area contributed by atoms with Gasteiger partial charge in [-0.25, -0.2) is 9.78 Å². The summed E-state index contributed by atoms with van der Waals surface area (Å²) in [6.07, 6.45) is 0. The van der Waals surface area contributed by atoms with E-state index in [0.717, 1.165) is 11.3 Å². The number of nitrogens with one attached hydrogen (secondary N) is 2. The summed E-state index contributed by atoms with van der Waals surface area (Å²) in [5.41, 5.74) is 1.85. The van der Waals surface area contributed by atoms with Crippen molar-refractivity contribution in [2.45, 2.75) is 13.5 Å². The molecule has 2 aromatic rings. The van der Waals surface area contributed by atoms with Crippen molar-refractivity contribution in [3.8, 4) is 0 Å². The fraction of sp³-hybridized carbons (Fsp3) is 0.167. The molecule has 1 heterocycles. The maximum atomic E-state index is 11.6. The molecule has 94 valence electrons. The van der Waals surface area contributed by atoms with Crippen LogP contribution in [0, 0.1) is 6.92 Å². The molecule has 0 aliphatic carbocycles. The summed E-state index contributed by atoms with van der Waals surface area (Å²) in [7, 11) is 0. The van der Waals surface area contributed by atoms with Crippen molar-refractivity contribution >= 4 is 34.1 Å². The fourth-order valence-electron chi connectivity index (χ4n) is 1.38. The first-order valence-electron chi connectivity index (χ1n) is 5.35. The van der Waals surface area contributed by atoms with E-state index in [2.05, 4.69) is 15.6 Å². The second kappa shape index (κ2) is 5.84. The van der Waals surface area contributed by atoms with E-state index in [-0.39, 0.29) is 6.03 Å². The Morgan fingerprint density at radius 3 is 3.00 bits per heavy atom. The van der Waals surface area contributed by atoms with Crippen molar-refractivity contribution in [2.75, 3.05) is 5.32 Å². The Labute approximate surface area is 114 Å². The molecule has 0 bridgehead atoms. The average Bonchev–Trinajstić information content (AvgIpc) is 2.72. The molecule has 0 atom stereocenters. The van der Waals surface area contributed by atoms with Crippen molar-refractivity contribution in [3.05, 3.63) is 45.9 Å². The molecule has 2 rings (SSSR count). The maximum absolute atomic E-state index is 11.6. The Balaban J connectivity index is 1.85. The average molecular weight is 282 g/mol. The maximum Gasteiger partial charge on any atom is 0.321 e. The molecule has 0 aliphatic heterocycles. The molecule has 0 unspecified atom stereocenters. The van der Waals surface area contributed by atoms with Crippen LogP contribution < -0.4 is 10.6 Å². The molecule has 0 spiro atoms. The fourth-order valence-corrected chi connectivity index (χ4v) is 2.28. The van der Waals surface area contributed by atoms with Gasteiger partial charge in [-0.15, -0.1) is 11.3 Å². The highest BCUT2D eigenvalue weighted by molar-refractivity contribution is 7.13. The Kier molecular flexibility index (Phi) is 4.17. The summed E-state index contributed by atoms with van der Waals surface area (Å²) in [4.78, 5) is 15.7. The van der Waals surface area contributed by atoms with Crippen LogP contribution in [0.2, 0.25) is 5.02 Å². The lowest BCUT2D eigenvalue weighted by atomic mass is 10.2. The van der Waals surface area contributed by atoms with Crippen molar-refractivity contribution in [1.82, 2.24) is 10.3 Å². The molecular weight excluding hydrogens is 270 g/mol. The highest BCUT2D eigenvalue weighted by Crippen LogP contribution is 2.14. The van der Waals surface area contributed by atoms with Gasteiger partial charge in [0.1, 0.15) is 0 Å². The predicted molar refractivity (Wildman–Crippen MR) is 74.2 cm³/mol. The van der Waals surface area contributed by atoms with Crippen LogP contribution in [-0.4, -0.2) is 11.0 Å². The normalized spacial score (nSPS) is 10.1. The van der Waals surface area contributed by atoms with Crippen LogP contribution in [0.15, 0.2) is 29.6 Å². The Morgan fingerprint density at radius 1 is 1.50 bits per heavy atom. The van der Waals surface area contributed by atoms with Gasteiger partial charge in [-0.2, -0.15) is 0 Å². The van der Waals surface area contributed by atoms with Gasteiger partial charge in [0.05, 0.1) is 5.69 Å². The molecule has 0 saturated carbocycles. The minimum absolute atomic E-state index is 0.274. The van der Waals surface area contributed by atoms with Crippen LogP contribution in [0.25, 0.3) is 0 Å². The van der Waals surface area contributed by atoms with E-state index in [9.17, 15) is 4.79 Å². The lowest BCUT2D eigenvalue weighted by Gasteiger charge is -2.05. The summed E-state index contributed by atoms with van der Waals surface area (Å²) in [5, 5.41) is 8.55. The minimum atomic E-state index is -0.274. The zero-order valence-corrected chi connectivity index (χ0v) is 11.3. The van der Waals surface area contributed by atoms with E-state index in [0.29, 0.717) is 16.7 Å². The third-order valence-corrected chi connectivity index (χ3v) is 3.29. The molecule has 18 heavy (non-hydrogen) atoms. The van der Waals surface area contributed by atoms with Gasteiger partial charge in [0.15, 0.2) is 5.13 Å². The Morgan fingerprint density at radius 2 is 2.33 bits per heavy atom. The van der Waals surface area contributed by atoms with Gasteiger partial charge in [0.25, 0.3) is 0 Å². The molecule has 4 nitrogen and oxygen atoms in total. The van der Waals surface area contributed by atoms with Gasteiger partial charge in [-0.1, -0.05) is 23.7 Å². The Bertz CT molecular complexity index is 556. The van der Waals surface area contributed by atoms with E-state index >= 15 is 0 Å². The lowest BCUT2D eigenvalue weighted by Crippen LogP contribution is -2.28. The van der Waals surface area contributed by atoms with Crippen LogP contribution >= 0.6 is 22.9 Å². The number of anilines is 1. The molecule has 1 aromatic heterocycles. The van der Waals surface area contributed by atoms with Crippen molar-refractivity contribution in [2.24, 2.45) is 0 Å². The van der Waals surface area contributed by atoms with Gasteiger partial charge in [-0.3, -0.25) is 5.32 Å². The second-order valence-corrected chi connectivity index (χ2v) is 5.03. The van der Waals surface area contributed by atoms with E-state index in [4.69, 9.17) is 11.6 Å². The molecule has 1 aromatic carbocycles. The number of hydrogen-bond acceptors (Lipinski definition) is 3. The molecule has 0 saturated heterocycles. The first-order valence-corrected chi connectivity index (χ1v) is 6.60. The zero-order valence-electron chi connectivity index (χ0n) is 9.74. The summed E-state index contributed by atoms with van der Waals surface area (Å²) >= 11 is 7.25. The third-order valence-electron chi connectivity index (χ3n) is 2.18. The SMILES string of the molecule is Cc1csc(NC(=O)NCc2cccc(Cl)c2)n1. The first-order chi connectivity index (χ1) is 8.63. The summed E-state index contributed by atoms with van der Waals surface area (Å²) in [5.74, 6) is 0. The molecule has 2 N–H and O–H groups in total. The quantitative estimate of drug-likeness (QED) is 0.906. The first kappa shape index (κ1) is 12.9. The number of halogens is 1. The number of thiazole rings is 1. The van der Waals surface area contributed by atoms with Crippen molar-refractivity contribution < 1.29 is 4.79 Å².